The lowest BCUT2D eigenvalue weighted by Gasteiger charge is -2.27. The van der Waals surface area contributed by atoms with E-state index in [2.05, 4.69) is 82.3 Å². The molecule has 0 atom stereocenters. The monoisotopic (exact) mass is 825 g/mol. The molecule has 0 N–H and O–H groups in total. The molecule has 2 spiro atoms. The number of rotatable bonds is 0. The van der Waals surface area contributed by atoms with Crippen molar-refractivity contribution in [1.29, 1.82) is 0 Å². The number of ether oxygens (including phenoxy) is 8. The number of para-hydroxylation sites is 4. The predicted octanol–water partition coefficient (Wildman–Crippen LogP) is 13.3. The van der Waals surface area contributed by atoms with Crippen LogP contribution in [0.3, 0.4) is 0 Å². The van der Waals surface area contributed by atoms with Crippen LogP contribution in [0.1, 0.15) is 68.5 Å². The average Bonchev–Trinajstić information content (AvgIpc) is 3.61. The summed E-state index contributed by atoms with van der Waals surface area (Å²) in [4.78, 5) is 0. The summed E-state index contributed by atoms with van der Waals surface area (Å²) in [7, 11) is 6.50. The van der Waals surface area contributed by atoms with Gasteiger partial charge in [0, 0.05) is 39.6 Å². The van der Waals surface area contributed by atoms with Crippen LogP contribution in [0.4, 0.5) is 0 Å². The fourth-order valence-electron chi connectivity index (χ4n) is 6.76. The summed E-state index contributed by atoms with van der Waals surface area (Å²) in [5.74, 6) is 4.42. The third-order valence-electron chi connectivity index (χ3n) is 9.20. The van der Waals surface area contributed by atoms with Crippen molar-refractivity contribution in [1.82, 2.24) is 0 Å². The lowest BCUT2D eigenvalue weighted by molar-refractivity contribution is -0.0788. The number of fused-ring (bicyclic) bond motifs is 6. The molecule has 0 aliphatic carbocycles. The highest BCUT2D eigenvalue weighted by atomic mass is 16.7. The van der Waals surface area contributed by atoms with Crippen molar-refractivity contribution in [2.24, 2.45) is 5.41 Å². The average molecular weight is 825 g/mol. The molecule has 0 bridgehead atoms. The molecule has 0 amide bonds. The van der Waals surface area contributed by atoms with Gasteiger partial charge >= 0.3 is 0 Å². The smallest absolute Gasteiger partial charge is 0.259 e. The first-order valence-electron chi connectivity index (χ1n) is 19.4. The van der Waals surface area contributed by atoms with Crippen LogP contribution in [0.5, 0.6) is 34.5 Å². The molecule has 0 fully saturated rings. The Labute approximate surface area is 361 Å². The number of hydrogen-bond donors (Lipinski definition) is 0. The zero-order valence-electron chi connectivity index (χ0n) is 34.1. The van der Waals surface area contributed by atoms with Gasteiger partial charge in [-0.1, -0.05) is 130 Å². The summed E-state index contributed by atoms with van der Waals surface area (Å²) >= 11 is 0. The van der Waals surface area contributed by atoms with E-state index in [0.29, 0.717) is 26.4 Å². The van der Waals surface area contributed by atoms with Gasteiger partial charge in [-0.25, -0.2) is 0 Å². The minimum atomic E-state index is -0.584. The number of hydrogen-bond acceptors (Lipinski definition) is 8. The Morgan fingerprint density at radius 3 is 0.917 bits per heavy atom. The first kappa shape index (κ1) is 52.6. The van der Waals surface area contributed by atoms with Gasteiger partial charge in [-0.15, -0.1) is 0 Å². The van der Waals surface area contributed by atoms with E-state index in [9.17, 15) is 0 Å². The van der Waals surface area contributed by atoms with Crippen molar-refractivity contribution in [2.45, 2.75) is 76.0 Å². The minimum absolute atomic E-state index is 0. The molecule has 10 rings (SSSR count). The van der Waals surface area contributed by atoms with Gasteiger partial charge in [0.05, 0.1) is 12.8 Å². The van der Waals surface area contributed by atoms with Crippen LogP contribution < -0.4 is 28.4 Å². The van der Waals surface area contributed by atoms with E-state index in [1.165, 1.54) is 32.7 Å². The topological polar surface area (TPSA) is 73.8 Å². The molecule has 0 saturated heterocycles. The van der Waals surface area contributed by atoms with Gasteiger partial charge < -0.3 is 37.9 Å². The molecular weight excluding hydrogens is 753 g/mol. The maximum atomic E-state index is 6.35. The second kappa shape index (κ2) is 25.2. The van der Waals surface area contributed by atoms with Gasteiger partial charge in [0.15, 0.2) is 23.0 Å². The summed E-state index contributed by atoms with van der Waals surface area (Å²) in [5, 5.41) is 4.92. The van der Waals surface area contributed by atoms with Crippen molar-refractivity contribution in [3.05, 3.63) is 132 Å². The van der Waals surface area contributed by atoms with E-state index in [0.717, 1.165) is 47.3 Å². The van der Waals surface area contributed by atoms with Gasteiger partial charge in [-0.2, -0.15) is 0 Å². The molecule has 8 nitrogen and oxygen atoms in total. The fraction of sp³-hybridized carbons (Fsp3) is 0.385. The van der Waals surface area contributed by atoms with Gasteiger partial charge in [-0.3, -0.25) is 0 Å². The molecule has 6 aromatic carbocycles. The summed E-state index contributed by atoms with van der Waals surface area (Å²) in [6.07, 6.45) is 1.58. The Morgan fingerprint density at radius 2 is 0.633 bits per heavy atom. The van der Waals surface area contributed by atoms with Crippen LogP contribution in [0.15, 0.2) is 121 Å². The van der Waals surface area contributed by atoms with Crippen LogP contribution in [0, 0.1) is 5.41 Å². The van der Waals surface area contributed by atoms with Crippen LogP contribution in [-0.2, 0) is 22.3 Å². The molecule has 0 aromatic heterocycles. The second-order valence-electron chi connectivity index (χ2n) is 13.4. The molecule has 0 unspecified atom stereocenters. The first-order chi connectivity index (χ1) is 27.5. The molecular formula is C52H72O8. The largest absolute Gasteiger partial charge is 0.489 e. The normalized spacial score (nSPS) is 14.3. The fourth-order valence-corrected chi connectivity index (χ4v) is 6.76. The van der Waals surface area contributed by atoms with Gasteiger partial charge in [0.25, 0.3) is 5.79 Å². The zero-order chi connectivity index (χ0) is 40.0. The third-order valence-corrected chi connectivity index (χ3v) is 9.20. The minimum Gasteiger partial charge on any atom is -0.489 e. The highest BCUT2D eigenvalue weighted by Gasteiger charge is 2.47. The maximum absolute atomic E-state index is 6.35. The second-order valence-corrected chi connectivity index (χ2v) is 13.4. The van der Waals surface area contributed by atoms with Crippen molar-refractivity contribution < 1.29 is 37.9 Å². The van der Waals surface area contributed by atoms with Gasteiger partial charge in [0.1, 0.15) is 43.3 Å². The highest BCUT2D eigenvalue weighted by Crippen LogP contribution is 2.46. The van der Waals surface area contributed by atoms with Crippen molar-refractivity contribution in [2.75, 3.05) is 54.9 Å². The SMILES string of the molecule is C.C.C.C.CC.CC.COC.COC.c1ccc2c(c1)OCC1(CO2)COc2ccccc2OC1.c1ccc2cc3c(cc2c1)CC1(Cc2cc4ccccc4cc2O1)O3. The Balaban J connectivity index is 0.000000473. The molecule has 0 radical (unpaired) electrons. The van der Waals surface area contributed by atoms with Crippen LogP contribution >= 0.6 is 0 Å². The highest BCUT2D eigenvalue weighted by molar-refractivity contribution is 5.86. The van der Waals surface area contributed by atoms with Crippen LogP contribution in [0.2, 0.25) is 0 Å². The first-order valence-corrected chi connectivity index (χ1v) is 19.4. The summed E-state index contributed by atoms with van der Waals surface area (Å²) < 4.78 is 44.8. The zero-order valence-corrected chi connectivity index (χ0v) is 34.1. The molecule has 4 aliphatic rings. The Kier molecular flexibility index (Phi) is 22.1. The van der Waals surface area contributed by atoms with E-state index in [-0.39, 0.29) is 35.1 Å². The molecule has 4 heterocycles. The van der Waals surface area contributed by atoms with Crippen molar-refractivity contribution in [3.63, 3.8) is 0 Å². The molecule has 8 heteroatoms. The molecule has 60 heavy (non-hydrogen) atoms. The van der Waals surface area contributed by atoms with Crippen molar-refractivity contribution >= 4 is 21.5 Å². The summed E-state index contributed by atoms with van der Waals surface area (Å²) in [5.41, 5.74) is 2.16. The lowest BCUT2D eigenvalue weighted by atomic mass is 9.92. The summed E-state index contributed by atoms with van der Waals surface area (Å²) in [6, 6.07) is 41.0. The third kappa shape index (κ3) is 12.3. The van der Waals surface area contributed by atoms with Gasteiger partial charge in [-0.05, 0) is 70.1 Å². The van der Waals surface area contributed by atoms with Crippen LogP contribution in [-0.4, -0.2) is 60.7 Å². The molecule has 328 valence electrons. The van der Waals surface area contributed by atoms with Crippen molar-refractivity contribution in [3.8, 4) is 34.5 Å². The quantitative estimate of drug-likeness (QED) is 0.150. The number of methoxy groups -OCH3 is 2. The van der Waals surface area contributed by atoms with E-state index in [1.54, 1.807) is 28.4 Å². The maximum Gasteiger partial charge on any atom is 0.259 e. The Morgan fingerprint density at radius 1 is 0.383 bits per heavy atom. The van der Waals surface area contributed by atoms with E-state index in [4.69, 9.17) is 28.4 Å². The Bertz CT molecular complexity index is 1840. The standard InChI is InChI=1S/C23H16O2.C17H16O4.2C2H6O.2C2H6.4CH4/c1-3-7-17-11-21-19(9-15(17)5-1)13-23(24-21)14-20-10-16-6-2-4-8-18(16)12-22(20)25-23;1-2-6-14-13(5-1)18-9-17(10-19-14)11-20-15-7-3-4-8-16(15)21-12-17;2*1-3-2;2*1-2;;;;/h1-12H,13-14H2;1-8H,9-12H2;2*1-2H3;2*1-2H3;4*1H4. The number of benzene rings is 6. The van der Waals surface area contributed by atoms with Gasteiger partial charge in [0.2, 0.25) is 0 Å². The summed E-state index contributed by atoms with van der Waals surface area (Å²) in [6.45, 7) is 10.0. The molecule has 6 aromatic rings. The molecule has 0 saturated carbocycles. The Hall–Kier alpha value is -5.44. The molecule has 4 aliphatic heterocycles. The van der Waals surface area contributed by atoms with E-state index >= 15 is 0 Å². The lowest BCUT2D eigenvalue weighted by Crippen LogP contribution is -2.43. The van der Waals surface area contributed by atoms with Crippen LogP contribution in [0.25, 0.3) is 21.5 Å². The van der Waals surface area contributed by atoms with E-state index in [1.807, 2.05) is 76.2 Å². The predicted molar refractivity (Wildman–Crippen MR) is 252 cm³/mol. The van der Waals surface area contributed by atoms with E-state index < -0.39 is 5.79 Å².